The van der Waals surface area contributed by atoms with Crippen molar-refractivity contribution in [1.82, 2.24) is 0 Å². The summed E-state index contributed by atoms with van der Waals surface area (Å²) in [6.45, 7) is 8.00. The molecule has 109 valence electrons. The summed E-state index contributed by atoms with van der Waals surface area (Å²) >= 11 is 0. The third-order valence-electron chi connectivity index (χ3n) is 2.82. The molecule has 0 saturated carbocycles. The summed E-state index contributed by atoms with van der Waals surface area (Å²) in [6, 6.07) is 0. The minimum atomic E-state index is 0. The van der Waals surface area contributed by atoms with Crippen molar-refractivity contribution in [3.8, 4) is 0 Å². The third-order valence-corrected chi connectivity index (χ3v) is 2.82. The van der Waals surface area contributed by atoms with Gasteiger partial charge >= 0.3 is 18.9 Å². The maximum absolute atomic E-state index is 5.41. The Kier molecular flexibility index (Phi) is 23.3. The van der Waals surface area contributed by atoms with Crippen LogP contribution in [0.2, 0.25) is 0 Å². The predicted octanol–water partition coefficient (Wildman–Crippen LogP) is 4.25. The topological polar surface area (TPSA) is 18.5 Å². The summed E-state index contributed by atoms with van der Waals surface area (Å²) in [5, 5.41) is 0. The van der Waals surface area contributed by atoms with Gasteiger partial charge in [0.1, 0.15) is 6.79 Å². The van der Waals surface area contributed by atoms with Crippen molar-refractivity contribution in [2.45, 2.75) is 64.7 Å². The van der Waals surface area contributed by atoms with Crippen LogP contribution in [0, 0.1) is 6.92 Å². The second kappa shape index (κ2) is 20.6. The van der Waals surface area contributed by atoms with Crippen LogP contribution in [0.1, 0.15) is 64.7 Å². The van der Waals surface area contributed by atoms with Crippen molar-refractivity contribution in [3.63, 3.8) is 0 Å². The average Bonchev–Trinajstić information content (AvgIpc) is 2.39. The molecule has 0 heterocycles. The van der Waals surface area contributed by atoms with Crippen molar-refractivity contribution >= 4 is 18.9 Å². The molecular weight excluding hydrogens is 231 g/mol. The number of unbranched alkanes of at least 4 members (excludes halogenated alkanes) is 6. The molecule has 0 N–H and O–H groups in total. The van der Waals surface area contributed by atoms with Crippen molar-refractivity contribution < 1.29 is 9.47 Å². The van der Waals surface area contributed by atoms with E-state index in [0.717, 1.165) is 32.5 Å². The standard InChI is InChI=1S/C16H31O2.Li.H/c1-3-5-7-9-10-11-13-15-18-16-17-14-12-8-6-4-2;;/h6,8H,2-5,7,9-16H2,1H3;;/b8-6-;;. The molecule has 19 heavy (non-hydrogen) atoms. The van der Waals surface area contributed by atoms with Gasteiger partial charge in [-0.15, -0.1) is 0 Å². The predicted molar refractivity (Wildman–Crippen MR) is 85.6 cm³/mol. The fraction of sp³-hybridized carbons (Fsp3) is 0.812. The van der Waals surface area contributed by atoms with Crippen LogP contribution in [-0.4, -0.2) is 38.9 Å². The zero-order valence-electron chi connectivity index (χ0n) is 12.2. The Hall–Kier alpha value is 0.257. The first-order valence-electron chi connectivity index (χ1n) is 7.51. The second-order valence-electron chi connectivity index (χ2n) is 4.60. The Labute approximate surface area is 132 Å². The molecular formula is C16H32LiO2. The van der Waals surface area contributed by atoms with Crippen LogP contribution in [0.15, 0.2) is 12.2 Å². The summed E-state index contributed by atoms with van der Waals surface area (Å²) in [5.41, 5.74) is 0. The molecule has 0 spiro atoms. The normalized spacial score (nSPS) is 10.8. The Balaban J connectivity index is 0. The van der Waals surface area contributed by atoms with Crippen LogP contribution in [0.3, 0.4) is 0 Å². The molecule has 0 fully saturated rings. The summed E-state index contributed by atoms with van der Waals surface area (Å²) < 4.78 is 10.8. The van der Waals surface area contributed by atoms with Gasteiger partial charge in [-0.2, -0.15) is 0 Å². The van der Waals surface area contributed by atoms with E-state index in [0.29, 0.717) is 6.79 Å². The Morgan fingerprint density at radius 2 is 1.47 bits per heavy atom. The summed E-state index contributed by atoms with van der Waals surface area (Å²) in [5.74, 6) is 0. The molecule has 0 aromatic heterocycles. The maximum atomic E-state index is 5.41. The summed E-state index contributed by atoms with van der Waals surface area (Å²) in [7, 11) is 0. The van der Waals surface area contributed by atoms with Crippen LogP contribution in [0.4, 0.5) is 0 Å². The molecule has 0 atom stereocenters. The second-order valence-corrected chi connectivity index (χ2v) is 4.60. The van der Waals surface area contributed by atoms with Crippen LogP contribution < -0.4 is 0 Å². The van der Waals surface area contributed by atoms with Gasteiger partial charge in [-0.1, -0.05) is 57.6 Å². The summed E-state index contributed by atoms with van der Waals surface area (Å²) in [4.78, 5) is 0. The first-order valence-corrected chi connectivity index (χ1v) is 7.51. The van der Waals surface area contributed by atoms with Gasteiger partial charge in [-0.05, 0) is 26.2 Å². The SMILES string of the molecule is [CH2]C/C=C\CCOCOCCCCCCCCC.[LiH]. The molecule has 0 aromatic carbocycles. The van der Waals surface area contributed by atoms with Gasteiger partial charge < -0.3 is 9.47 Å². The van der Waals surface area contributed by atoms with Gasteiger partial charge in [0.25, 0.3) is 0 Å². The molecule has 1 radical (unpaired) electrons. The number of allylic oxidation sites excluding steroid dienone is 1. The van der Waals surface area contributed by atoms with Gasteiger partial charge in [0.05, 0.1) is 6.61 Å². The molecule has 0 aliphatic heterocycles. The zero-order chi connectivity index (χ0) is 13.3. The molecule has 0 amide bonds. The Bertz CT molecular complexity index is 172. The van der Waals surface area contributed by atoms with E-state index >= 15 is 0 Å². The Morgan fingerprint density at radius 1 is 0.842 bits per heavy atom. The molecule has 0 aliphatic rings. The van der Waals surface area contributed by atoms with E-state index in [4.69, 9.17) is 9.47 Å². The fourth-order valence-electron chi connectivity index (χ4n) is 1.73. The van der Waals surface area contributed by atoms with E-state index < -0.39 is 0 Å². The first-order chi connectivity index (χ1) is 8.91. The van der Waals surface area contributed by atoms with Crippen molar-refractivity contribution in [1.29, 1.82) is 0 Å². The van der Waals surface area contributed by atoms with E-state index in [1.54, 1.807) is 0 Å². The molecule has 2 nitrogen and oxygen atoms in total. The zero-order valence-corrected chi connectivity index (χ0v) is 12.2. The first kappa shape index (κ1) is 21.6. The van der Waals surface area contributed by atoms with Gasteiger partial charge in [0, 0.05) is 6.61 Å². The molecule has 0 unspecified atom stereocenters. The van der Waals surface area contributed by atoms with Crippen LogP contribution >= 0.6 is 0 Å². The molecule has 0 saturated heterocycles. The fourth-order valence-corrected chi connectivity index (χ4v) is 1.73. The molecule has 3 heteroatoms. The summed E-state index contributed by atoms with van der Waals surface area (Å²) in [6.07, 6.45) is 15.2. The van der Waals surface area contributed by atoms with E-state index in [2.05, 4.69) is 26.0 Å². The number of hydrogen-bond acceptors (Lipinski definition) is 2. The van der Waals surface area contributed by atoms with Crippen LogP contribution in [0.25, 0.3) is 0 Å². The average molecular weight is 263 g/mol. The Morgan fingerprint density at radius 3 is 2.16 bits per heavy atom. The van der Waals surface area contributed by atoms with Crippen LogP contribution in [0.5, 0.6) is 0 Å². The molecule has 0 bridgehead atoms. The van der Waals surface area contributed by atoms with Gasteiger partial charge in [0.2, 0.25) is 0 Å². The minimum absolute atomic E-state index is 0. The third kappa shape index (κ3) is 20.7. The molecule has 0 rings (SSSR count). The van der Waals surface area contributed by atoms with E-state index in [-0.39, 0.29) is 18.9 Å². The number of rotatable bonds is 14. The van der Waals surface area contributed by atoms with Crippen LogP contribution in [-0.2, 0) is 9.47 Å². The van der Waals surface area contributed by atoms with Crippen molar-refractivity contribution in [3.05, 3.63) is 19.1 Å². The monoisotopic (exact) mass is 263 g/mol. The van der Waals surface area contributed by atoms with Crippen molar-refractivity contribution in [2.24, 2.45) is 0 Å². The van der Waals surface area contributed by atoms with Gasteiger partial charge in [-0.25, -0.2) is 0 Å². The van der Waals surface area contributed by atoms with E-state index in [1.807, 2.05) is 0 Å². The number of ether oxygens (including phenoxy) is 2. The number of hydrogen-bond donors (Lipinski definition) is 0. The van der Waals surface area contributed by atoms with Gasteiger partial charge in [0.15, 0.2) is 0 Å². The van der Waals surface area contributed by atoms with Crippen molar-refractivity contribution in [2.75, 3.05) is 20.0 Å². The molecule has 0 aliphatic carbocycles. The van der Waals surface area contributed by atoms with E-state index in [1.165, 1.54) is 38.5 Å². The quantitative estimate of drug-likeness (QED) is 0.202. The van der Waals surface area contributed by atoms with E-state index in [9.17, 15) is 0 Å². The molecule has 0 aromatic rings. The van der Waals surface area contributed by atoms with Gasteiger partial charge in [-0.3, -0.25) is 0 Å².